The fourth-order valence-electron chi connectivity index (χ4n) is 2.27. The second-order valence-corrected chi connectivity index (χ2v) is 4.25. The third-order valence-electron chi connectivity index (χ3n) is 3.13. The molecule has 1 unspecified atom stereocenters. The molecule has 0 saturated heterocycles. The summed E-state index contributed by atoms with van der Waals surface area (Å²) < 4.78 is 16.3. The summed E-state index contributed by atoms with van der Waals surface area (Å²) in [7, 11) is 1.69. The van der Waals surface area contributed by atoms with Gasteiger partial charge >= 0.3 is 0 Å². The van der Waals surface area contributed by atoms with Crippen molar-refractivity contribution >= 4 is 0 Å². The second-order valence-electron chi connectivity index (χ2n) is 4.25. The van der Waals surface area contributed by atoms with Crippen molar-refractivity contribution in [1.29, 1.82) is 0 Å². The minimum absolute atomic E-state index is 0.323. The lowest BCUT2D eigenvalue weighted by Gasteiger charge is -2.25. The number of rotatable bonds is 4. The third kappa shape index (κ3) is 2.37. The first-order chi connectivity index (χ1) is 8.27. The molecule has 0 saturated carbocycles. The van der Waals surface area contributed by atoms with E-state index in [0.717, 1.165) is 29.0 Å². The van der Waals surface area contributed by atoms with Crippen molar-refractivity contribution in [1.82, 2.24) is 0 Å². The number of benzene rings is 1. The molecule has 94 valence electrons. The SMILES string of the molecule is COc1ccc2c(c1C(C)CCN)COCO2. The maximum absolute atomic E-state index is 5.63. The second kappa shape index (κ2) is 5.38. The summed E-state index contributed by atoms with van der Waals surface area (Å²) >= 11 is 0. The van der Waals surface area contributed by atoms with Gasteiger partial charge in [-0.2, -0.15) is 0 Å². The van der Waals surface area contributed by atoms with E-state index in [4.69, 9.17) is 19.9 Å². The molecule has 1 aliphatic heterocycles. The van der Waals surface area contributed by atoms with Crippen molar-refractivity contribution in [3.8, 4) is 11.5 Å². The van der Waals surface area contributed by atoms with Crippen LogP contribution < -0.4 is 15.2 Å². The first-order valence-corrected chi connectivity index (χ1v) is 5.88. The van der Waals surface area contributed by atoms with Crippen molar-refractivity contribution in [2.24, 2.45) is 5.73 Å². The first-order valence-electron chi connectivity index (χ1n) is 5.88. The van der Waals surface area contributed by atoms with E-state index >= 15 is 0 Å². The Morgan fingerprint density at radius 3 is 3.00 bits per heavy atom. The highest BCUT2D eigenvalue weighted by atomic mass is 16.7. The number of hydrogen-bond acceptors (Lipinski definition) is 4. The Balaban J connectivity index is 2.44. The molecular weight excluding hydrogens is 218 g/mol. The molecule has 0 spiro atoms. The predicted molar refractivity (Wildman–Crippen MR) is 65.4 cm³/mol. The fourth-order valence-corrected chi connectivity index (χ4v) is 2.27. The maximum Gasteiger partial charge on any atom is 0.189 e. The molecule has 1 aliphatic rings. The van der Waals surface area contributed by atoms with Gasteiger partial charge in [-0.25, -0.2) is 0 Å². The lowest BCUT2D eigenvalue weighted by atomic mass is 9.91. The third-order valence-corrected chi connectivity index (χ3v) is 3.13. The van der Waals surface area contributed by atoms with Crippen LogP contribution in [-0.2, 0) is 11.3 Å². The van der Waals surface area contributed by atoms with Crippen LogP contribution in [0, 0.1) is 0 Å². The van der Waals surface area contributed by atoms with Gasteiger partial charge in [0.15, 0.2) is 6.79 Å². The van der Waals surface area contributed by atoms with Gasteiger partial charge in [0.1, 0.15) is 11.5 Å². The van der Waals surface area contributed by atoms with Crippen molar-refractivity contribution in [2.75, 3.05) is 20.4 Å². The minimum Gasteiger partial charge on any atom is -0.496 e. The monoisotopic (exact) mass is 237 g/mol. The fraction of sp³-hybridized carbons (Fsp3) is 0.538. The van der Waals surface area contributed by atoms with E-state index in [9.17, 15) is 0 Å². The molecular formula is C13H19NO3. The molecule has 0 amide bonds. The molecule has 0 fully saturated rings. The quantitative estimate of drug-likeness (QED) is 0.870. The number of hydrogen-bond donors (Lipinski definition) is 1. The Morgan fingerprint density at radius 1 is 1.47 bits per heavy atom. The number of methoxy groups -OCH3 is 1. The van der Waals surface area contributed by atoms with E-state index in [-0.39, 0.29) is 0 Å². The van der Waals surface area contributed by atoms with E-state index in [0.29, 0.717) is 25.9 Å². The Morgan fingerprint density at radius 2 is 2.29 bits per heavy atom. The van der Waals surface area contributed by atoms with Crippen LogP contribution in [0.4, 0.5) is 0 Å². The molecule has 2 rings (SSSR count). The standard InChI is InChI=1S/C13H19NO3/c1-9(5-6-14)13-10-7-16-8-17-11(10)3-4-12(13)15-2/h3-4,9H,5-8,14H2,1-2H3. The predicted octanol–water partition coefficient (Wildman–Crippen LogP) is 2.01. The highest BCUT2D eigenvalue weighted by Crippen LogP contribution is 2.38. The van der Waals surface area contributed by atoms with E-state index in [2.05, 4.69) is 6.92 Å². The van der Waals surface area contributed by atoms with Crippen LogP contribution in [0.3, 0.4) is 0 Å². The Labute approximate surface area is 102 Å². The molecule has 1 aromatic carbocycles. The molecule has 1 atom stereocenters. The van der Waals surface area contributed by atoms with Gasteiger partial charge in [-0.1, -0.05) is 6.92 Å². The van der Waals surface area contributed by atoms with Crippen LogP contribution in [0.2, 0.25) is 0 Å². The molecule has 0 aromatic heterocycles. The van der Waals surface area contributed by atoms with Crippen molar-refractivity contribution in [3.05, 3.63) is 23.3 Å². The Hall–Kier alpha value is -1.26. The first kappa shape index (κ1) is 12.2. The molecule has 17 heavy (non-hydrogen) atoms. The molecule has 4 nitrogen and oxygen atoms in total. The van der Waals surface area contributed by atoms with Gasteiger partial charge in [0.05, 0.1) is 13.7 Å². The van der Waals surface area contributed by atoms with Gasteiger partial charge in [0.2, 0.25) is 0 Å². The molecule has 2 N–H and O–H groups in total. The summed E-state index contributed by atoms with van der Waals surface area (Å²) in [6.45, 7) is 3.72. The van der Waals surface area contributed by atoms with Gasteiger partial charge in [-0.3, -0.25) is 0 Å². The Kier molecular flexibility index (Phi) is 3.86. The smallest absolute Gasteiger partial charge is 0.189 e. The summed E-state index contributed by atoms with van der Waals surface area (Å²) in [6.07, 6.45) is 0.923. The summed E-state index contributed by atoms with van der Waals surface area (Å²) in [6, 6.07) is 3.89. The van der Waals surface area contributed by atoms with Crippen LogP contribution in [0.25, 0.3) is 0 Å². The van der Waals surface area contributed by atoms with Crippen molar-refractivity contribution in [3.63, 3.8) is 0 Å². The van der Waals surface area contributed by atoms with E-state index in [1.54, 1.807) is 7.11 Å². The van der Waals surface area contributed by atoms with E-state index < -0.39 is 0 Å². The van der Waals surface area contributed by atoms with Gasteiger partial charge in [-0.05, 0) is 31.0 Å². The van der Waals surface area contributed by atoms with Gasteiger partial charge < -0.3 is 19.9 Å². The summed E-state index contributed by atoms with van der Waals surface area (Å²) in [4.78, 5) is 0. The lowest BCUT2D eigenvalue weighted by molar-refractivity contribution is -0.0171. The van der Waals surface area contributed by atoms with Crippen LogP contribution in [0.5, 0.6) is 11.5 Å². The number of fused-ring (bicyclic) bond motifs is 1. The largest absolute Gasteiger partial charge is 0.496 e. The average Bonchev–Trinajstić information content (AvgIpc) is 2.37. The number of ether oxygens (including phenoxy) is 3. The number of nitrogens with two attached hydrogens (primary N) is 1. The van der Waals surface area contributed by atoms with E-state index in [1.807, 2.05) is 12.1 Å². The molecule has 1 heterocycles. The zero-order chi connectivity index (χ0) is 12.3. The van der Waals surface area contributed by atoms with Crippen LogP contribution >= 0.6 is 0 Å². The zero-order valence-corrected chi connectivity index (χ0v) is 10.4. The molecule has 1 aromatic rings. The normalized spacial score (nSPS) is 15.9. The van der Waals surface area contributed by atoms with Crippen LogP contribution in [0.1, 0.15) is 30.4 Å². The Bertz CT molecular complexity index is 392. The highest BCUT2D eigenvalue weighted by molar-refractivity contribution is 5.50. The van der Waals surface area contributed by atoms with Crippen molar-refractivity contribution < 1.29 is 14.2 Å². The van der Waals surface area contributed by atoms with Crippen LogP contribution in [-0.4, -0.2) is 20.4 Å². The molecule has 0 bridgehead atoms. The minimum atomic E-state index is 0.323. The summed E-state index contributed by atoms with van der Waals surface area (Å²) in [5.41, 5.74) is 7.89. The highest BCUT2D eigenvalue weighted by Gasteiger charge is 2.22. The average molecular weight is 237 g/mol. The van der Waals surface area contributed by atoms with E-state index in [1.165, 1.54) is 0 Å². The van der Waals surface area contributed by atoms with Gasteiger partial charge in [-0.15, -0.1) is 0 Å². The molecule has 4 heteroatoms. The molecule has 0 radical (unpaired) electrons. The molecule has 0 aliphatic carbocycles. The summed E-state index contributed by atoms with van der Waals surface area (Å²) in [5, 5.41) is 0. The van der Waals surface area contributed by atoms with Crippen LogP contribution in [0.15, 0.2) is 12.1 Å². The van der Waals surface area contributed by atoms with Gasteiger partial charge in [0, 0.05) is 11.1 Å². The lowest BCUT2D eigenvalue weighted by Crippen LogP contribution is -2.16. The van der Waals surface area contributed by atoms with Gasteiger partial charge in [0.25, 0.3) is 0 Å². The zero-order valence-electron chi connectivity index (χ0n) is 10.4. The topological polar surface area (TPSA) is 53.7 Å². The maximum atomic E-state index is 5.63. The van der Waals surface area contributed by atoms with Crippen molar-refractivity contribution in [2.45, 2.75) is 25.9 Å². The summed E-state index contributed by atoms with van der Waals surface area (Å²) in [5.74, 6) is 2.13.